The fourth-order valence-corrected chi connectivity index (χ4v) is 2.37. The summed E-state index contributed by atoms with van der Waals surface area (Å²) in [6, 6.07) is 8.10. The fraction of sp³-hybridized carbons (Fsp3) is 0.600. The summed E-state index contributed by atoms with van der Waals surface area (Å²) in [6.07, 6.45) is 3.27. The van der Waals surface area contributed by atoms with Crippen LogP contribution >= 0.6 is 0 Å². The Morgan fingerprint density at radius 3 is 2.81 bits per heavy atom. The summed E-state index contributed by atoms with van der Waals surface area (Å²) in [5, 5.41) is 9.53. The van der Waals surface area contributed by atoms with E-state index in [0.29, 0.717) is 24.3 Å². The summed E-state index contributed by atoms with van der Waals surface area (Å²) in [6.45, 7) is 8.83. The van der Waals surface area contributed by atoms with Gasteiger partial charge in [-0.3, -0.25) is 4.79 Å². The molecule has 1 saturated carbocycles. The van der Waals surface area contributed by atoms with Crippen molar-refractivity contribution >= 4 is 11.9 Å². The molecular weight excluding hydrogens is 328 g/mol. The molecule has 1 fully saturated rings. The molecule has 1 aromatic rings. The maximum Gasteiger partial charge on any atom is 0.258 e. The molecule has 0 saturated heterocycles. The van der Waals surface area contributed by atoms with Crippen LogP contribution in [0, 0.1) is 5.92 Å². The zero-order valence-electron chi connectivity index (χ0n) is 16.2. The number of ether oxygens (including phenoxy) is 1. The quantitative estimate of drug-likeness (QED) is 0.443. The Hall–Kier alpha value is -2.24. The first-order valence-electron chi connectivity index (χ1n) is 9.60. The maximum absolute atomic E-state index is 11.7. The van der Waals surface area contributed by atoms with Crippen LogP contribution < -0.4 is 20.7 Å². The van der Waals surface area contributed by atoms with E-state index in [9.17, 15) is 4.79 Å². The van der Waals surface area contributed by atoms with Gasteiger partial charge in [-0.15, -0.1) is 0 Å². The Balaban J connectivity index is 1.83. The molecule has 0 aromatic heterocycles. The molecule has 0 radical (unpaired) electrons. The lowest BCUT2D eigenvalue weighted by atomic mass is 10.1. The smallest absolute Gasteiger partial charge is 0.258 e. The lowest BCUT2D eigenvalue weighted by Gasteiger charge is -2.12. The second kappa shape index (κ2) is 10.7. The van der Waals surface area contributed by atoms with E-state index in [1.807, 2.05) is 24.3 Å². The van der Waals surface area contributed by atoms with Crippen LogP contribution in [0.3, 0.4) is 0 Å². The Labute approximate surface area is 156 Å². The van der Waals surface area contributed by atoms with Crippen LogP contribution in [0.15, 0.2) is 29.3 Å². The van der Waals surface area contributed by atoms with E-state index in [-0.39, 0.29) is 12.5 Å². The molecule has 2 rings (SSSR count). The highest BCUT2D eigenvalue weighted by Gasteiger charge is 2.23. The minimum Gasteiger partial charge on any atom is -0.484 e. The molecule has 0 unspecified atom stereocenters. The van der Waals surface area contributed by atoms with Crippen LogP contribution in [0.4, 0.5) is 0 Å². The Morgan fingerprint density at radius 1 is 1.31 bits per heavy atom. The van der Waals surface area contributed by atoms with Gasteiger partial charge in [-0.1, -0.05) is 26.0 Å². The highest BCUT2D eigenvalue weighted by Crippen LogP contribution is 2.18. The number of nitrogens with zero attached hydrogens (tertiary/aromatic N) is 1. The molecule has 0 spiro atoms. The Morgan fingerprint density at radius 2 is 2.12 bits per heavy atom. The number of amides is 1. The molecule has 0 heterocycles. The van der Waals surface area contributed by atoms with E-state index < -0.39 is 0 Å². The number of hydrogen-bond donors (Lipinski definition) is 3. The van der Waals surface area contributed by atoms with Crippen molar-refractivity contribution in [3.05, 3.63) is 29.8 Å². The third-order valence-corrected chi connectivity index (χ3v) is 3.99. The minimum atomic E-state index is -0.0558. The van der Waals surface area contributed by atoms with Crippen LogP contribution in [0.25, 0.3) is 0 Å². The molecule has 1 amide bonds. The van der Waals surface area contributed by atoms with E-state index in [1.165, 1.54) is 0 Å². The van der Waals surface area contributed by atoms with Gasteiger partial charge < -0.3 is 20.7 Å². The summed E-state index contributed by atoms with van der Waals surface area (Å²) >= 11 is 0. The van der Waals surface area contributed by atoms with Gasteiger partial charge in [0.1, 0.15) is 5.75 Å². The molecule has 0 bridgehead atoms. The van der Waals surface area contributed by atoms with Crippen LogP contribution in [-0.2, 0) is 11.3 Å². The van der Waals surface area contributed by atoms with Crippen molar-refractivity contribution < 1.29 is 9.53 Å². The van der Waals surface area contributed by atoms with Crippen molar-refractivity contribution in [2.45, 2.75) is 52.6 Å². The van der Waals surface area contributed by atoms with Crippen molar-refractivity contribution in [2.24, 2.45) is 10.9 Å². The molecule has 6 heteroatoms. The fourth-order valence-electron chi connectivity index (χ4n) is 2.37. The molecule has 3 N–H and O–H groups in total. The monoisotopic (exact) mass is 360 g/mol. The molecule has 6 nitrogen and oxygen atoms in total. The van der Waals surface area contributed by atoms with Gasteiger partial charge in [0.25, 0.3) is 5.91 Å². The van der Waals surface area contributed by atoms with Crippen molar-refractivity contribution in [3.8, 4) is 5.75 Å². The number of hydrogen-bond acceptors (Lipinski definition) is 3. The first-order valence-corrected chi connectivity index (χ1v) is 9.60. The molecule has 144 valence electrons. The largest absolute Gasteiger partial charge is 0.484 e. The highest BCUT2D eigenvalue weighted by molar-refractivity contribution is 5.79. The van der Waals surface area contributed by atoms with Gasteiger partial charge in [0.15, 0.2) is 12.6 Å². The van der Waals surface area contributed by atoms with Crippen LogP contribution in [0.1, 0.15) is 45.6 Å². The lowest BCUT2D eigenvalue weighted by molar-refractivity contribution is -0.123. The zero-order valence-corrected chi connectivity index (χ0v) is 16.2. The molecule has 0 atom stereocenters. The van der Waals surface area contributed by atoms with Gasteiger partial charge in [0.2, 0.25) is 0 Å². The van der Waals surface area contributed by atoms with E-state index in [0.717, 1.165) is 43.9 Å². The first-order chi connectivity index (χ1) is 12.6. The van der Waals surface area contributed by atoms with Gasteiger partial charge in [-0.25, -0.2) is 4.99 Å². The van der Waals surface area contributed by atoms with Gasteiger partial charge in [-0.05, 0) is 49.8 Å². The number of carbonyl (C=O) groups is 1. The third kappa shape index (κ3) is 8.23. The number of carbonyl (C=O) groups excluding carboxylic acids is 1. The molecule has 0 aliphatic heterocycles. The van der Waals surface area contributed by atoms with Crippen LogP contribution in [0.2, 0.25) is 0 Å². The molecule has 1 aliphatic rings. The lowest BCUT2D eigenvalue weighted by Crippen LogP contribution is -2.38. The number of aliphatic imine (C=N–C) groups is 1. The average molecular weight is 361 g/mol. The predicted molar refractivity (Wildman–Crippen MR) is 105 cm³/mol. The number of rotatable bonds is 10. The predicted octanol–water partition coefficient (Wildman–Crippen LogP) is 2.45. The number of guanidine groups is 1. The second-order valence-corrected chi connectivity index (χ2v) is 7.08. The topological polar surface area (TPSA) is 74.8 Å². The van der Waals surface area contributed by atoms with Crippen molar-refractivity contribution in [1.82, 2.24) is 16.0 Å². The van der Waals surface area contributed by atoms with E-state index >= 15 is 0 Å². The van der Waals surface area contributed by atoms with Crippen LogP contribution in [0.5, 0.6) is 5.75 Å². The van der Waals surface area contributed by atoms with Gasteiger partial charge >= 0.3 is 0 Å². The summed E-state index contributed by atoms with van der Waals surface area (Å²) < 4.78 is 5.59. The minimum absolute atomic E-state index is 0.0558. The van der Waals surface area contributed by atoms with E-state index in [4.69, 9.17) is 4.74 Å². The van der Waals surface area contributed by atoms with Crippen molar-refractivity contribution in [2.75, 3.05) is 19.7 Å². The van der Waals surface area contributed by atoms with Gasteiger partial charge in [0.05, 0.1) is 6.54 Å². The molecule has 26 heavy (non-hydrogen) atoms. The van der Waals surface area contributed by atoms with Gasteiger partial charge in [0, 0.05) is 19.1 Å². The van der Waals surface area contributed by atoms with Gasteiger partial charge in [-0.2, -0.15) is 0 Å². The first kappa shape index (κ1) is 20.1. The Bertz CT molecular complexity index is 597. The summed E-state index contributed by atoms with van der Waals surface area (Å²) in [4.78, 5) is 16.3. The number of nitrogens with one attached hydrogen (secondary N) is 3. The Kier molecular flexibility index (Phi) is 8.25. The van der Waals surface area contributed by atoms with Crippen LogP contribution in [-0.4, -0.2) is 37.6 Å². The van der Waals surface area contributed by atoms with Crippen molar-refractivity contribution in [3.63, 3.8) is 0 Å². The third-order valence-electron chi connectivity index (χ3n) is 3.99. The maximum atomic E-state index is 11.7. The summed E-state index contributed by atoms with van der Waals surface area (Å²) in [5.41, 5.74) is 1.05. The second-order valence-electron chi connectivity index (χ2n) is 7.08. The SMILES string of the molecule is CCNC(=NCc1cccc(OCC(=O)NC2CC2)c1)NCCC(C)C. The summed E-state index contributed by atoms with van der Waals surface area (Å²) in [7, 11) is 0. The standard InChI is InChI=1S/C20H32N4O2/c1-4-21-20(22-11-10-15(2)3)23-13-16-6-5-7-18(12-16)26-14-19(25)24-17-8-9-17/h5-7,12,15,17H,4,8-11,13-14H2,1-3H3,(H,24,25)(H2,21,22,23). The molecular formula is C20H32N4O2. The van der Waals surface area contributed by atoms with E-state index in [2.05, 4.69) is 41.7 Å². The van der Waals surface area contributed by atoms with Crippen molar-refractivity contribution in [1.29, 1.82) is 0 Å². The van der Waals surface area contributed by atoms with E-state index in [1.54, 1.807) is 0 Å². The average Bonchev–Trinajstić information content (AvgIpc) is 3.42. The molecule has 1 aliphatic carbocycles. The number of benzene rings is 1. The highest BCUT2D eigenvalue weighted by atomic mass is 16.5. The summed E-state index contributed by atoms with van der Waals surface area (Å²) in [5.74, 6) is 2.13. The molecule has 1 aromatic carbocycles. The zero-order chi connectivity index (χ0) is 18.8. The normalized spacial score (nSPS) is 14.2.